The summed E-state index contributed by atoms with van der Waals surface area (Å²) in [5, 5.41) is 8.70. The Morgan fingerprint density at radius 3 is 2.54 bits per heavy atom. The number of phenols is 1. The minimum Gasteiger partial charge on any atom is -0.505 e. The van der Waals surface area contributed by atoms with Crippen molar-refractivity contribution in [2.24, 2.45) is 0 Å². The number of benzene rings is 1. The normalized spacial score (nSPS) is 9.77. The molecule has 1 aromatic rings. The van der Waals surface area contributed by atoms with Gasteiger partial charge in [-0.3, -0.25) is 4.79 Å². The van der Waals surface area contributed by atoms with E-state index in [1.807, 2.05) is 0 Å². The molecule has 0 saturated heterocycles. The molecule has 0 amide bonds. The van der Waals surface area contributed by atoms with Crippen molar-refractivity contribution in [2.75, 3.05) is 0 Å². The Morgan fingerprint density at radius 2 is 2.00 bits per heavy atom. The molecule has 5 heteroatoms. The van der Waals surface area contributed by atoms with Crippen LogP contribution in [0.1, 0.15) is 6.92 Å². The molecule has 1 aromatic carbocycles. The summed E-state index contributed by atoms with van der Waals surface area (Å²) in [6.45, 7) is 1.06. The van der Waals surface area contributed by atoms with E-state index in [1.54, 1.807) is 0 Å². The van der Waals surface area contributed by atoms with Gasteiger partial charge in [-0.25, -0.2) is 8.78 Å². The summed E-state index contributed by atoms with van der Waals surface area (Å²) in [6.07, 6.45) is 0. The maximum absolute atomic E-state index is 12.8. The van der Waals surface area contributed by atoms with Crippen LogP contribution in [0.3, 0.4) is 0 Å². The number of hydrogen-bond acceptors (Lipinski definition) is 3. The summed E-state index contributed by atoms with van der Waals surface area (Å²) in [7, 11) is 0. The van der Waals surface area contributed by atoms with Gasteiger partial charge in [-0.15, -0.1) is 0 Å². The van der Waals surface area contributed by atoms with Gasteiger partial charge in [-0.1, -0.05) is 0 Å². The predicted octanol–water partition coefficient (Wildman–Crippen LogP) is 1.60. The molecule has 0 atom stereocenters. The lowest BCUT2D eigenvalue weighted by atomic mass is 10.3. The maximum atomic E-state index is 12.8. The predicted molar refractivity (Wildman–Crippen MR) is 39.3 cm³/mol. The fourth-order valence-electron chi connectivity index (χ4n) is 0.751. The van der Waals surface area contributed by atoms with Gasteiger partial charge in [-0.05, 0) is 0 Å². The quantitative estimate of drug-likeness (QED) is 0.537. The van der Waals surface area contributed by atoms with E-state index in [-0.39, 0.29) is 0 Å². The molecule has 0 heterocycles. The average molecular weight is 188 g/mol. The van der Waals surface area contributed by atoms with Crippen molar-refractivity contribution in [1.82, 2.24) is 0 Å². The molecule has 70 valence electrons. The van der Waals surface area contributed by atoms with Crippen LogP contribution < -0.4 is 4.74 Å². The van der Waals surface area contributed by atoms with Gasteiger partial charge in [0.15, 0.2) is 23.1 Å². The van der Waals surface area contributed by atoms with E-state index in [9.17, 15) is 13.6 Å². The number of halogens is 2. The van der Waals surface area contributed by atoms with Crippen LogP contribution in [-0.2, 0) is 4.79 Å². The van der Waals surface area contributed by atoms with Crippen LogP contribution in [-0.4, -0.2) is 11.1 Å². The zero-order chi connectivity index (χ0) is 10.0. The summed E-state index contributed by atoms with van der Waals surface area (Å²) in [5.41, 5.74) is 0. The van der Waals surface area contributed by atoms with E-state index in [0.29, 0.717) is 12.1 Å². The molecule has 3 nitrogen and oxygen atoms in total. The number of ether oxygens (including phenoxy) is 1. The number of carbonyl (C=O) groups is 1. The molecule has 0 aliphatic heterocycles. The van der Waals surface area contributed by atoms with Crippen molar-refractivity contribution in [1.29, 1.82) is 0 Å². The third-order valence-corrected chi connectivity index (χ3v) is 1.26. The second-order valence-corrected chi connectivity index (χ2v) is 2.33. The lowest BCUT2D eigenvalue weighted by molar-refractivity contribution is -0.132. The number of phenolic OH excluding ortho intramolecular Hbond substituents is 1. The highest BCUT2D eigenvalue weighted by atomic mass is 19.1. The fourth-order valence-corrected chi connectivity index (χ4v) is 0.751. The van der Waals surface area contributed by atoms with E-state index in [2.05, 4.69) is 4.74 Å². The largest absolute Gasteiger partial charge is 0.505 e. The minimum absolute atomic E-state index is 0.535. The first-order valence-electron chi connectivity index (χ1n) is 3.37. The summed E-state index contributed by atoms with van der Waals surface area (Å²) in [5.74, 6) is -4.16. The Morgan fingerprint density at radius 1 is 1.38 bits per heavy atom. The molecular weight excluding hydrogens is 182 g/mol. The van der Waals surface area contributed by atoms with E-state index >= 15 is 0 Å². The Balaban J connectivity index is 3.08. The van der Waals surface area contributed by atoms with Crippen molar-refractivity contribution >= 4 is 5.97 Å². The van der Waals surface area contributed by atoms with Crippen LogP contribution in [0.15, 0.2) is 12.1 Å². The Hall–Kier alpha value is -1.65. The van der Waals surface area contributed by atoms with Crippen LogP contribution in [0.4, 0.5) is 8.78 Å². The number of hydrogen-bond donors (Lipinski definition) is 1. The molecule has 0 spiro atoms. The first-order valence-corrected chi connectivity index (χ1v) is 3.37. The van der Waals surface area contributed by atoms with Crippen LogP contribution in [0.5, 0.6) is 11.5 Å². The topological polar surface area (TPSA) is 46.5 Å². The first-order chi connectivity index (χ1) is 6.00. The van der Waals surface area contributed by atoms with Crippen LogP contribution >= 0.6 is 0 Å². The van der Waals surface area contributed by atoms with E-state index < -0.39 is 29.1 Å². The van der Waals surface area contributed by atoms with Crippen molar-refractivity contribution in [3.63, 3.8) is 0 Å². The molecule has 0 radical (unpaired) electrons. The number of carbonyl (C=O) groups excluding carboxylic acids is 1. The molecule has 0 aliphatic rings. The van der Waals surface area contributed by atoms with Gasteiger partial charge in [0.25, 0.3) is 0 Å². The van der Waals surface area contributed by atoms with Gasteiger partial charge in [0.2, 0.25) is 0 Å². The van der Waals surface area contributed by atoms with E-state index in [4.69, 9.17) is 5.11 Å². The molecular formula is C8H6F2O3. The number of rotatable bonds is 1. The zero-order valence-electron chi connectivity index (χ0n) is 6.67. The van der Waals surface area contributed by atoms with Crippen molar-refractivity contribution in [2.45, 2.75) is 6.92 Å². The summed E-state index contributed by atoms with van der Waals surface area (Å²) in [6, 6.07) is 1.14. The maximum Gasteiger partial charge on any atom is 0.308 e. The Labute approximate surface area is 72.6 Å². The highest BCUT2D eigenvalue weighted by molar-refractivity contribution is 5.69. The van der Waals surface area contributed by atoms with Crippen molar-refractivity contribution in [3.05, 3.63) is 23.8 Å². The van der Waals surface area contributed by atoms with Crippen LogP contribution in [0.2, 0.25) is 0 Å². The van der Waals surface area contributed by atoms with E-state index in [1.165, 1.54) is 0 Å². The van der Waals surface area contributed by atoms with Gasteiger partial charge in [0, 0.05) is 19.1 Å². The van der Waals surface area contributed by atoms with Gasteiger partial charge in [0.05, 0.1) is 0 Å². The van der Waals surface area contributed by atoms with Gasteiger partial charge >= 0.3 is 5.97 Å². The lowest BCUT2D eigenvalue weighted by Gasteiger charge is -2.03. The molecule has 0 saturated carbocycles. The summed E-state index contributed by atoms with van der Waals surface area (Å²) >= 11 is 0. The Kier molecular flexibility index (Phi) is 2.46. The molecule has 0 bridgehead atoms. The number of esters is 1. The SMILES string of the molecule is CC(=O)Oc1cc(F)c(O)cc1F. The molecule has 0 unspecified atom stereocenters. The first kappa shape index (κ1) is 9.44. The smallest absolute Gasteiger partial charge is 0.308 e. The van der Waals surface area contributed by atoms with Crippen LogP contribution in [0, 0.1) is 11.6 Å². The average Bonchev–Trinajstić information content (AvgIpc) is 1.99. The molecule has 1 rings (SSSR count). The minimum atomic E-state index is -1.04. The molecule has 0 aliphatic carbocycles. The van der Waals surface area contributed by atoms with Gasteiger partial charge in [-0.2, -0.15) is 0 Å². The lowest BCUT2D eigenvalue weighted by Crippen LogP contribution is -2.03. The third-order valence-electron chi connectivity index (χ3n) is 1.26. The van der Waals surface area contributed by atoms with Gasteiger partial charge < -0.3 is 9.84 Å². The van der Waals surface area contributed by atoms with Crippen molar-refractivity contribution < 1.29 is 23.4 Å². The molecule has 13 heavy (non-hydrogen) atoms. The highest BCUT2D eigenvalue weighted by Crippen LogP contribution is 2.25. The molecule has 0 fully saturated rings. The third kappa shape index (κ3) is 2.14. The molecule has 1 N–H and O–H groups in total. The summed E-state index contributed by atoms with van der Waals surface area (Å²) < 4.78 is 29.7. The second-order valence-electron chi connectivity index (χ2n) is 2.33. The van der Waals surface area contributed by atoms with E-state index in [0.717, 1.165) is 6.92 Å². The van der Waals surface area contributed by atoms with Crippen molar-refractivity contribution in [3.8, 4) is 11.5 Å². The standard InChI is InChI=1S/C8H6F2O3/c1-4(11)13-8-3-5(9)7(12)2-6(8)10/h2-3,12H,1H3. The number of aromatic hydroxyl groups is 1. The zero-order valence-corrected chi connectivity index (χ0v) is 6.67. The van der Waals surface area contributed by atoms with Crippen LogP contribution in [0.25, 0.3) is 0 Å². The second kappa shape index (κ2) is 3.38. The fraction of sp³-hybridized carbons (Fsp3) is 0.125. The monoisotopic (exact) mass is 188 g/mol. The van der Waals surface area contributed by atoms with Gasteiger partial charge in [0.1, 0.15) is 0 Å². The summed E-state index contributed by atoms with van der Waals surface area (Å²) in [4.78, 5) is 10.4. The highest BCUT2D eigenvalue weighted by Gasteiger charge is 2.11. The molecule has 0 aromatic heterocycles. The Bertz CT molecular complexity index is 349.